The second-order valence-corrected chi connectivity index (χ2v) is 5.51. The molecule has 0 bridgehead atoms. The van der Waals surface area contributed by atoms with E-state index in [1.807, 2.05) is 20.8 Å². The minimum atomic E-state index is 1.09. The number of thioether (sulfide) groups is 1. The van der Waals surface area contributed by atoms with E-state index in [-0.39, 0.29) is 0 Å². The molecule has 0 fully saturated rings. The van der Waals surface area contributed by atoms with E-state index in [2.05, 4.69) is 49.4 Å². The molecule has 1 aliphatic heterocycles. The molecule has 0 radical (unpaired) electrons. The molecule has 0 N–H and O–H groups in total. The molecule has 1 aliphatic rings. The Hall–Kier alpha value is -0.990. The highest BCUT2D eigenvalue weighted by molar-refractivity contribution is 8.05. The van der Waals surface area contributed by atoms with E-state index in [1.165, 1.54) is 24.1 Å². The van der Waals surface area contributed by atoms with Crippen molar-refractivity contribution in [1.29, 1.82) is 0 Å². The molecule has 0 saturated carbocycles. The minimum absolute atomic E-state index is 1.09. The fourth-order valence-electron chi connectivity index (χ4n) is 1.78. The van der Waals surface area contributed by atoms with Crippen LogP contribution in [0, 0.1) is 0 Å². The van der Waals surface area contributed by atoms with Gasteiger partial charge < -0.3 is 4.90 Å². The molecule has 0 atom stereocenters. The molecular formula is C17H27NS. The van der Waals surface area contributed by atoms with Crippen molar-refractivity contribution in [1.82, 2.24) is 4.90 Å². The first-order valence-corrected chi connectivity index (χ1v) is 7.70. The van der Waals surface area contributed by atoms with Crippen molar-refractivity contribution < 1.29 is 0 Å². The number of benzene rings is 1. The van der Waals surface area contributed by atoms with E-state index in [0.29, 0.717) is 0 Å². The fourth-order valence-corrected chi connectivity index (χ4v) is 2.06. The summed E-state index contributed by atoms with van der Waals surface area (Å²) in [5, 5.41) is 1.77. The zero-order chi connectivity index (χ0) is 14.7. The molecule has 0 spiro atoms. The van der Waals surface area contributed by atoms with Gasteiger partial charge in [0.1, 0.15) is 0 Å². The number of hydrogen-bond acceptors (Lipinski definition) is 2. The van der Waals surface area contributed by atoms with Crippen molar-refractivity contribution in [3.63, 3.8) is 0 Å². The third-order valence-corrected chi connectivity index (χ3v) is 3.18. The van der Waals surface area contributed by atoms with Crippen LogP contribution < -0.4 is 0 Å². The molecule has 1 aromatic rings. The third kappa shape index (κ3) is 7.91. The third-order valence-electron chi connectivity index (χ3n) is 2.61. The number of allylic oxidation sites excluding steroid dienone is 1. The lowest BCUT2D eigenvalue weighted by molar-refractivity contribution is 0.313. The predicted molar refractivity (Wildman–Crippen MR) is 90.4 cm³/mol. The Bertz CT molecular complexity index is 385. The highest BCUT2D eigenvalue weighted by Gasteiger charge is 2.10. The van der Waals surface area contributed by atoms with E-state index in [1.54, 1.807) is 17.2 Å². The first-order valence-electron chi connectivity index (χ1n) is 6.82. The van der Waals surface area contributed by atoms with Crippen LogP contribution in [0.4, 0.5) is 0 Å². The van der Waals surface area contributed by atoms with Crippen LogP contribution in [-0.4, -0.2) is 18.5 Å². The average Bonchev–Trinajstić information content (AvgIpc) is 2.41. The lowest BCUT2D eigenvalue weighted by Gasteiger charge is -2.24. The quantitative estimate of drug-likeness (QED) is 0.740. The van der Waals surface area contributed by atoms with E-state index < -0.39 is 0 Å². The Morgan fingerprint density at radius 3 is 2.32 bits per heavy atom. The van der Waals surface area contributed by atoms with Gasteiger partial charge in [0.2, 0.25) is 0 Å². The van der Waals surface area contributed by atoms with Crippen LogP contribution in [0.3, 0.4) is 0 Å². The van der Waals surface area contributed by atoms with Gasteiger partial charge in [-0.05, 0) is 41.8 Å². The van der Waals surface area contributed by atoms with Crippen molar-refractivity contribution in [2.45, 2.75) is 33.7 Å². The first kappa shape index (κ1) is 18.0. The lowest BCUT2D eigenvalue weighted by atomic mass is 10.0. The molecule has 19 heavy (non-hydrogen) atoms. The van der Waals surface area contributed by atoms with Crippen LogP contribution in [0.2, 0.25) is 0 Å². The number of likely N-dealkylation sites (N-methyl/N-ethyl adjacent to an activating group) is 1. The predicted octanol–water partition coefficient (Wildman–Crippen LogP) is 5.10. The van der Waals surface area contributed by atoms with Crippen molar-refractivity contribution in [2.24, 2.45) is 0 Å². The highest BCUT2D eigenvalue weighted by atomic mass is 32.2. The Balaban J connectivity index is 0.000000350. The lowest BCUT2D eigenvalue weighted by Crippen LogP contribution is -2.26. The first-order chi connectivity index (χ1) is 9.13. The van der Waals surface area contributed by atoms with E-state index in [4.69, 9.17) is 0 Å². The molecule has 1 nitrogen and oxygen atoms in total. The van der Waals surface area contributed by atoms with Gasteiger partial charge in [-0.1, -0.05) is 51.3 Å². The summed E-state index contributed by atoms with van der Waals surface area (Å²) < 4.78 is 0. The summed E-state index contributed by atoms with van der Waals surface area (Å²) >= 11 is 1.56. The molecule has 1 aromatic carbocycles. The van der Waals surface area contributed by atoms with Crippen molar-refractivity contribution in [3.8, 4) is 0 Å². The number of fused-ring (bicyclic) bond motifs is 1. The molecule has 0 unspecified atom stereocenters. The average molecular weight is 277 g/mol. The second-order valence-electron chi connectivity index (χ2n) is 4.24. The van der Waals surface area contributed by atoms with E-state index in [0.717, 1.165) is 11.4 Å². The van der Waals surface area contributed by atoms with Crippen LogP contribution in [0.1, 0.15) is 31.9 Å². The summed E-state index contributed by atoms with van der Waals surface area (Å²) in [7, 11) is 2.18. The summed E-state index contributed by atoms with van der Waals surface area (Å²) in [5.41, 5.74) is 3.03. The van der Waals surface area contributed by atoms with Crippen LogP contribution in [0.25, 0.3) is 0 Å². The number of nitrogens with zero attached hydrogens (tertiary/aromatic N) is 1. The molecule has 0 aromatic heterocycles. The van der Waals surface area contributed by atoms with Gasteiger partial charge in [-0.25, -0.2) is 0 Å². The maximum absolute atomic E-state index is 3.64. The molecule has 1 heterocycles. The van der Waals surface area contributed by atoms with Crippen LogP contribution in [0.5, 0.6) is 0 Å². The summed E-state index contributed by atoms with van der Waals surface area (Å²) in [6.07, 6.45) is 1.21. The smallest absolute Gasteiger partial charge is 0.0233 e. The number of rotatable bonds is 2. The van der Waals surface area contributed by atoms with Crippen LogP contribution >= 0.6 is 11.8 Å². The van der Waals surface area contributed by atoms with Crippen LogP contribution in [-0.2, 0) is 13.0 Å². The normalized spacial score (nSPS) is 13.1. The second kappa shape index (κ2) is 10.9. The maximum Gasteiger partial charge on any atom is 0.0233 e. The Morgan fingerprint density at radius 2 is 1.84 bits per heavy atom. The maximum atomic E-state index is 3.64. The Morgan fingerprint density at radius 1 is 1.26 bits per heavy atom. The van der Waals surface area contributed by atoms with Gasteiger partial charge in [0.15, 0.2) is 0 Å². The topological polar surface area (TPSA) is 3.24 Å². The SMILES string of the molecule is C=CSC(=C)C.CC.CN1CCc2ccccc2C1. The van der Waals surface area contributed by atoms with Crippen molar-refractivity contribution in [3.05, 3.63) is 58.9 Å². The summed E-state index contributed by atoms with van der Waals surface area (Å²) in [4.78, 5) is 3.45. The molecular weight excluding hydrogens is 250 g/mol. The van der Waals surface area contributed by atoms with Gasteiger partial charge in [-0.2, -0.15) is 0 Å². The van der Waals surface area contributed by atoms with Crippen LogP contribution in [0.15, 0.2) is 47.7 Å². The van der Waals surface area contributed by atoms with Crippen molar-refractivity contribution in [2.75, 3.05) is 13.6 Å². The Kier molecular flexibility index (Phi) is 10.3. The Labute approximate surface area is 123 Å². The standard InChI is InChI=1S/C10H13N.C5H8S.C2H6/c1-11-7-6-9-4-2-3-5-10(9)8-11;1-4-6-5(2)3;1-2/h2-5H,6-8H2,1H3;4H,1-2H2,3H3;1-2H3. The molecule has 0 amide bonds. The number of hydrogen-bond donors (Lipinski definition) is 0. The van der Waals surface area contributed by atoms with Gasteiger partial charge in [0.05, 0.1) is 0 Å². The summed E-state index contributed by atoms with van der Waals surface area (Å²) in [6.45, 7) is 15.4. The van der Waals surface area contributed by atoms with E-state index in [9.17, 15) is 0 Å². The molecule has 0 saturated heterocycles. The molecule has 0 aliphatic carbocycles. The van der Waals surface area contributed by atoms with Gasteiger partial charge in [-0.3, -0.25) is 0 Å². The fraction of sp³-hybridized carbons (Fsp3) is 0.412. The minimum Gasteiger partial charge on any atom is -0.302 e. The van der Waals surface area contributed by atoms with Gasteiger partial charge in [0, 0.05) is 13.1 Å². The molecule has 2 heteroatoms. The molecule has 106 valence electrons. The zero-order valence-electron chi connectivity index (χ0n) is 12.8. The summed E-state index contributed by atoms with van der Waals surface area (Å²) in [5.74, 6) is 0. The van der Waals surface area contributed by atoms with E-state index >= 15 is 0 Å². The zero-order valence-corrected chi connectivity index (χ0v) is 13.6. The van der Waals surface area contributed by atoms with Gasteiger partial charge in [-0.15, -0.1) is 11.8 Å². The summed E-state index contributed by atoms with van der Waals surface area (Å²) in [6, 6.07) is 8.72. The monoisotopic (exact) mass is 277 g/mol. The van der Waals surface area contributed by atoms with Gasteiger partial charge >= 0.3 is 0 Å². The molecule has 2 rings (SSSR count). The van der Waals surface area contributed by atoms with Crippen molar-refractivity contribution >= 4 is 11.8 Å². The van der Waals surface area contributed by atoms with Gasteiger partial charge in [0.25, 0.3) is 0 Å². The largest absolute Gasteiger partial charge is 0.302 e. The highest BCUT2D eigenvalue weighted by Crippen LogP contribution is 2.16.